The van der Waals surface area contributed by atoms with E-state index in [0.717, 1.165) is 0 Å². The molecule has 0 aliphatic carbocycles. The number of urea groups is 1. The Labute approximate surface area is 128 Å². The molecule has 2 atom stereocenters. The average molecular weight is 333 g/mol. The highest BCUT2D eigenvalue weighted by Crippen LogP contribution is 2.16. The number of carbonyl (C=O) groups is 1. The molecule has 0 saturated carbocycles. The van der Waals surface area contributed by atoms with Gasteiger partial charge in [-0.15, -0.1) is 0 Å². The van der Waals surface area contributed by atoms with Crippen molar-refractivity contribution in [1.29, 1.82) is 0 Å². The van der Waals surface area contributed by atoms with Gasteiger partial charge in [-0.3, -0.25) is 0 Å². The fourth-order valence-electron chi connectivity index (χ4n) is 2.07. The molecule has 1 fully saturated rings. The van der Waals surface area contributed by atoms with Crippen LogP contribution in [-0.2, 0) is 9.84 Å². The molecule has 8 heteroatoms. The summed E-state index contributed by atoms with van der Waals surface area (Å²) >= 11 is 5.77. The summed E-state index contributed by atoms with van der Waals surface area (Å²) in [6.07, 6.45) is -0.105. The lowest BCUT2D eigenvalue weighted by Crippen LogP contribution is -2.47. The maximum atomic E-state index is 11.7. The Morgan fingerprint density at radius 3 is 2.62 bits per heavy atom. The highest BCUT2D eigenvalue weighted by atomic mass is 35.5. The van der Waals surface area contributed by atoms with Gasteiger partial charge in [0.15, 0.2) is 16.1 Å². The van der Waals surface area contributed by atoms with Gasteiger partial charge in [0.2, 0.25) is 0 Å². The van der Waals surface area contributed by atoms with Crippen LogP contribution in [0, 0.1) is 0 Å². The predicted molar refractivity (Wildman–Crippen MR) is 80.3 cm³/mol. The third-order valence-electron chi connectivity index (χ3n) is 3.03. The van der Waals surface area contributed by atoms with Crippen molar-refractivity contribution in [2.75, 3.05) is 11.5 Å². The third kappa shape index (κ3) is 5.09. The van der Waals surface area contributed by atoms with E-state index in [4.69, 9.17) is 16.3 Å². The number of ether oxygens (including phenoxy) is 1. The molecule has 0 bridgehead atoms. The molecule has 0 aromatic heterocycles. The van der Waals surface area contributed by atoms with Gasteiger partial charge in [0.25, 0.3) is 0 Å². The van der Waals surface area contributed by atoms with Crippen LogP contribution in [0.25, 0.3) is 0 Å². The fourth-order valence-corrected chi connectivity index (χ4v) is 3.87. The Morgan fingerprint density at radius 2 is 2.05 bits per heavy atom. The molecule has 1 saturated heterocycles. The molecule has 2 rings (SSSR count). The van der Waals surface area contributed by atoms with E-state index in [1.165, 1.54) is 0 Å². The van der Waals surface area contributed by atoms with E-state index in [2.05, 4.69) is 10.6 Å². The Bertz CT molecular complexity index is 603. The Balaban J connectivity index is 1.78. The zero-order valence-corrected chi connectivity index (χ0v) is 13.1. The van der Waals surface area contributed by atoms with E-state index >= 15 is 0 Å². The summed E-state index contributed by atoms with van der Waals surface area (Å²) in [5.41, 5.74) is 0. The molecule has 1 aliphatic heterocycles. The molecule has 2 amide bonds. The molecule has 21 heavy (non-hydrogen) atoms. The molecule has 0 spiro atoms. The maximum absolute atomic E-state index is 11.7. The van der Waals surface area contributed by atoms with Crippen LogP contribution < -0.4 is 15.4 Å². The molecular weight excluding hydrogens is 316 g/mol. The molecule has 1 aromatic carbocycles. The second kappa shape index (κ2) is 6.53. The molecule has 6 nitrogen and oxygen atoms in total. The smallest absolute Gasteiger partial charge is 0.317 e. The van der Waals surface area contributed by atoms with Crippen molar-refractivity contribution < 1.29 is 17.9 Å². The second-order valence-corrected chi connectivity index (χ2v) is 7.60. The van der Waals surface area contributed by atoms with E-state index < -0.39 is 22.1 Å². The summed E-state index contributed by atoms with van der Waals surface area (Å²) in [5.74, 6) is 0.692. The lowest BCUT2D eigenvalue weighted by atomic mass is 10.3. The number of benzene rings is 1. The van der Waals surface area contributed by atoms with Crippen molar-refractivity contribution in [3.63, 3.8) is 0 Å². The molecule has 0 radical (unpaired) electrons. The monoisotopic (exact) mass is 332 g/mol. The van der Waals surface area contributed by atoms with Crippen LogP contribution in [0.3, 0.4) is 0 Å². The van der Waals surface area contributed by atoms with Crippen molar-refractivity contribution in [3.8, 4) is 5.75 Å². The van der Waals surface area contributed by atoms with Gasteiger partial charge in [-0.05, 0) is 37.6 Å². The lowest BCUT2D eigenvalue weighted by molar-refractivity contribution is 0.176. The summed E-state index contributed by atoms with van der Waals surface area (Å²) in [4.78, 5) is 11.7. The van der Waals surface area contributed by atoms with Crippen LogP contribution in [0.15, 0.2) is 24.3 Å². The van der Waals surface area contributed by atoms with E-state index in [0.29, 0.717) is 17.2 Å². The first kappa shape index (κ1) is 15.9. The van der Waals surface area contributed by atoms with Crippen LogP contribution in [0.5, 0.6) is 5.75 Å². The largest absolute Gasteiger partial charge is 0.471 e. The number of hydrogen-bond acceptors (Lipinski definition) is 4. The molecule has 1 aliphatic rings. The summed E-state index contributed by atoms with van der Waals surface area (Å²) in [6, 6.07) is 5.99. The minimum absolute atomic E-state index is 0.00710. The minimum Gasteiger partial charge on any atom is -0.471 e. The molecule has 1 heterocycles. The second-order valence-electron chi connectivity index (χ2n) is 4.93. The van der Waals surface area contributed by atoms with Gasteiger partial charge in [0.1, 0.15) is 5.75 Å². The molecule has 2 unspecified atom stereocenters. The SMILES string of the molecule is CC(NC(=O)NC1CCS(=O)(=O)C1)Oc1ccc(Cl)cc1. The van der Waals surface area contributed by atoms with Crippen molar-refractivity contribution in [2.24, 2.45) is 0 Å². The van der Waals surface area contributed by atoms with E-state index in [1.54, 1.807) is 31.2 Å². The van der Waals surface area contributed by atoms with E-state index in [-0.39, 0.29) is 17.5 Å². The van der Waals surface area contributed by atoms with Crippen molar-refractivity contribution >= 4 is 27.5 Å². The molecule has 116 valence electrons. The van der Waals surface area contributed by atoms with Gasteiger partial charge in [-0.2, -0.15) is 0 Å². The van der Waals surface area contributed by atoms with Gasteiger partial charge in [-0.1, -0.05) is 11.6 Å². The van der Waals surface area contributed by atoms with Crippen LogP contribution in [0.4, 0.5) is 4.79 Å². The first-order valence-corrected chi connectivity index (χ1v) is 8.74. The van der Waals surface area contributed by atoms with Gasteiger partial charge >= 0.3 is 6.03 Å². The fraction of sp³-hybridized carbons (Fsp3) is 0.462. The van der Waals surface area contributed by atoms with Gasteiger partial charge in [0.05, 0.1) is 11.5 Å². The zero-order valence-electron chi connectivity index (χ0n) is 11.5. The highest BCUT2D eigenvalue weighted by Gasteiger charge is 2.29. The first-order valence-electron chi connectivity index (χ1n) is 6.54. The van der Waals surface area contributed by atoms with E-state index in [1.807, 2.05) is 0 Å². The number of rotatable bonds is 4. The standard InChI is InChI=1S/C13H17ClN2O4S/c1-9(20-12-4-2-10(14)3-5-12)15-13(17)16-11-6-7-21(18,19)8-11/h2-5,9,11H,6-8H2,1H3,(H2,15,16,17). The zero-order chi connectivity index (χ0) is 15.5. The molecule has 1 aromatic rings. The number of hydrogen-bond donors (Lipinski definition) is 2. The van der Waals surface area contributed by atoms with E-state index in [9.17, 15) is 13.2 Å². The van der Waals surface area contributed by atoms with Crippen LogP contribution >= 0.6 is 11.6 Å². The van der Waals surface area contributed by atoms with Gasteiger partial charge in [0, 0.05) is 11.1 Å². The van der Waals surface area contributed by atoms with Gasteiger partial charge < -0.3 is 15.4 Å². The van der Waals surface area contributed by atoms with Crippen LogP contribution in [-0.4, -0.2) is 38.2 Å². The number of nitrogens with one attached hydrogen (secondary N) is 2. The Kier molecular flexibility index (Phi) is 4.95. The summed E-state index contributed by atoms with van der Waals surface area (Å²) < 4.78 is 28.1. The number of carbonyl (C=O) groups excluding carboxylic acids is 1. The Hall–Kier alpha value is -1.47. The van der Waals surface area contributed by atoms with Crippen molar-refractivity contribution in [2.45, 2.75) is 25.6 Å². The summed E-state index contributed by atoms with van der Waals surface area (Å²) in [6.45, 7) is 1.68. The first-order chi connectivity index (χ1) is 9.84. The number of halogens is 1. The number of sulfone groups is 1. The summed E-state index contributed by atoms with van der Waals surface area (Å²) in [7, 11) is -3.01. The quantitative estimate of drug-likeness (QED) is 0.819. The van der Waals surface area contributed by atoms with Crippen LogP contribution in [0.1, 0.15) is 13.3 Å². The highest BCUT2D eigenvalue weighted by molar-refractivity contribution is 7.91. The molecular formula is C13H17ClN2O4S. The average Bonchev–Trinajstić information content (AvgIpc) is 2.71. The van der Waals surface area contributed by atoms with Gasteiger partial charge in [-0.25, -0.2) is 13.2 Å². The minimum atomic E-state index is -3.01. The van der Waals surface area contributed by atoms with Crippen LogP contribution in [0.2, 0.25) is 5.02 Å². The maximum Gasteiger partial charge on any atom is 0.317 e. The predicted octanol–water partition coefficient (Wildman–Crippen LogP) is 1.55. The topological polar surface area (TPSA) is 84.5 Å². The summed E-state index contributed by atoms with van der Waals surface area (Å²) in [5, 5.41) is 5.83. The Morgan fingerprint density at radius 1 is 1.38 bits per heavy atom. The number of amides is 2. The van der Waals surface area contributed by atoms with Crippen molar-refractivity contribution in [3.05, 3.63) is 29.3 Å². The molecule has 2 N–H and O–H groups in total. The van der Waals surface area contributed by atoms with Crippen molar-refractivity contribution in [1.82, 2.24) is 10.6 Å². The lowest BCUT2D eigenvalue weighted by Gasteiger charge is -2.18. The normalized spacial score (nSPS) is 21.5. The third-order valence-corrected chi connectivity index (χ3v) is 5.05.